The molecule has 0 aliphatic carbocycles. The second kappa shape index (κ2) is 6.53. The van der Waals surface area contributed by atoms with Gasteiger partial charge in [0.25, 0.3) is 5.91 Å². The summed E-state index contributed by atoms with van der Waals surface area (Å²) in [5, 5.41) is 5.76. The molecule has 4 N–H and O–H groups in total. The summed E-state index contributed by atoms with van der Waals surface area (Å²) in [7, 11) is 0. The molecule has 2 aliphatic rings. The molecule has 25 heavy (non-hydrogen) atoms. The number of amides is 1. The average Bonchev–Trinajstić information content (AvgIpc) is 3.19. The highest BCUT2D eigenvalue weighted by Gasteiger charge is 2.32. The summed E-state index contributed by atoms with van der Waals surface area (Å²) in [5.41, 5.74) is 7.08. The van der Waals surface area contributed by atoms with Crippen molar-refractivity contribution < 1.29 is 13.9 Å². The van der Waals surface area contributed by atoms with E-state index in [-0.39, 0.29) is 35.9 Å². The number of nitrogens with one attached hydrogen (secondary N) is 2. The summed E-state index contributed by atoms with van der Waals surface area (Å²) < 4.78 is 20.8. The van der Waals surface area contributed by atoms with E-state index >= 15 is 0 Å². The van der Waals surface area contributed by atoms with E-state index in [0.717, 1.165) is 4.88 Å². The summed E-state index contributed by atoms with van der Waals surface area (Å²) in [6.45, 7) is 1.12. The Labute approximate surface area is 152 Å². The van der Waals surface area contributed by atoms with Crippen LogP contribution in [0.5, 0.6) is 0 Å². The second-order valence-electron chi connectivity index (χ2n) is 6.04. The van der Waals surface area contributed by atoms with Gasteiger partial charge in [0.1, 0.15) is 0 Å². The normalized spacial score (nSPS) is 22.6. The molecule has 0 bridgehead atoms. The standard InChI is InChI=1S/C16H16ClFN4O2S/c17-11-2-1-10(25-11)14-12-7(5-20-16(12)23)13(18)15(22-14)21-9-3-4-24-6-8(9)19/h1-2,8-9H,3-6,19H2,(H,20,23)(H,21,22)/t8-,9+/m0/s1. The van der Waals surface area contributed by atoms with Crippen LogP contribution in [0.4, 0.5) is 10.2 Å². The Bertz CT molecular complexity index is 844. The van der Waals surface area contributed by atoms with E-state index < -0.39 is 5.82 Å². The molecule has 0 radical (unpaired) electrons. The minimum atomic E-state index is -0.515. The molecule has 2 aromatic rings. The highest BCUT2D eigenvalue weighted by atomic mass is 35.5. The van der Waals surface area contributed by atoms with Crippen molar-refractivity contribution >= 4 is 34.7 Å². The Hall–Kier alpha value is -1.74. The Kier molecular flexibility index (Phi) is 4.36. The van der Waals surface area contributed by atoms with Gasteiger partial charge in [0.15, 0.2) is 11.6 Å². The number of nitrogens with zero attached hydrogens (tertiary/aromatic N) is 1. The molecule has 0 unspecified atom stereocenters. The van der Waals surface area contributed by atoms with E-state index in [1.54, 1.807) is 12.1 Å². The number of thiophene rings is 1. The van der Waals surface area contributed by atoms with Gasteiger partial charge in [-0.15, -0.1) is 11.3 Å². The Morgan fingerprint density at radius 2 is 2.32 bits per heavy atom. The first kappa shape index (κ1) is 16.7. The molecule has 4 heterocycles. The van der Waals surface area contributed by atoms with Gasteiger partial charge in [0.05, 0.1) is 27.1 Å². The number of halogens is 2. The van der Waals surface area contributed by atoms with E-state index in [1.165, 1.54) is 11.3 Å². The first-order valence-corrected chi connectivity index (χ1v) is 9.10. The fourth-order valence-electron chi connectivity index (χ4n) is 3.11. The third-order valence-corrected chi connectivity index (χ3v) is 5.65. The lowest BCUT2D eigenvalue weighted by Gasteiger charge is -2.30. The molecule has 2 aliphatic heterocycles. The van der Waals surface area contributed by atoms with Crippen molar-refractivity contribution in [1.29, 1.82) is 0 Å². The number of hydrogen-bond donors (Lipinski definition) is 3. The first-order chi connectivity index (χ1) is 12.0. The molecule has 1 fully saturated rings. The maximum absolute atomic E-state index is 14.9. The van der Waals surface area contributed by atoms with Gasteiger partial charge in [-0.25, -0.2) is 9.37 Å². The van der Waals surface area contributed by atoms with Gasteiger partial charge >= 0.3 is 0 Å². The molecule has 9 heteroatoms. The van der Waals surface area contributed by atoms with Gasteiger partial charge in [-0.1, -0.05) is 11.6 Å². The quantitative estimate of drug-likeness (QED) is 0.758. The van der Waals surface area contributed by atoms with Crippen LogP contribution in [0.1, 0.15) is 22.3 Å². The van der Waals surface area contributed by atoms with Gasteiger partial charge in [0, 0.05) is 30.8 Å². The van der Waals surface area contributed by atoms with Crippen LogP contribution in [0, 0.1) is 5.82 Å². The number of anilines is 1. The van der Waals surface area contributed by atoms with Crippen molar-refractivity contribution in [3.05, 3.63) is 33.4 Å². The molecule has 1 amide bonds. The molecular formula is C16H16ClFN4O2S. The van der Waals surface area contributed by atoms with E-state index in [0.29, 0.717) is 35.2 Å². The Morgan fingerprint density at radius 3 is 3.04 bits per heavy atom. The SMILES string of the molecule is N[C@H]1COCC[C@H]1Nc1nc(-c2ccc(Cl)s2)c2c(c1F)CNC2=O. The molecule has 0 saturated carbocycles. The van der Waals surface area contributed by atoms with Crippen LogP contribution in [-0.4, -0.2) is 36.2 Å². The van der Waals surface area contributed by atoms with Crippen molar-refractivity contribution in [3.8, 4) is 10.6 Å². The molecule has 0 aromatic carbocycles. The molecule has 6 nitrogen and oxygen atoms in total. The summed E-state index contributed by atoms with van der Waals surface area (Å²) in [5.74, 6) is -0.731. The van der Waals surface area contributed by atoms with E-state index in [9.17, 15) is 9.18 Å². The van der Waals surface area contributed by atoms with Gasteiger partial charge in [-0.05, 0) is 18.6 Å². The van der Waals surface area contributed by atoms with Crippen molar-refractivity contribution in [2.45, 2.75) is 25.0 Å². The van der Waals surface area contributed by atoms with Crippen molar-refractivity contribution in [1.82, 2.24) is 10.3 Å². The molecule has 0 spiro atoms. The smallest absolute Gasteiger partial charge is 0.254 e. The fraction of sp³-hybridized carbons (Fsp3) is 0.375. The lowest BCUT2D eigenvalue weighted by Crippen LogP contribution is -2.47. The average molecular weight is 383 g/mol. The van der Waals surface area contributed by atoms with Crippen LogP contribution in [0.15, 0.2) is 12.1 Å². The minimum Gasteiger partial charge on any atom is -0.380 e. The third kappa shape index (κ3) is 2.99. The van der Waals surface area contributed by atoms with Gasteiger partial charge in [0.2, 0.25) is 0 Å². The third-order valence-electron chi connectivity index (χ3n) is 4.42. The predicted octanol–water partition coefficient (Wildman–Crippen LogP) is 2.37. The van der Waals surface area contributed by atoms with E-state index in [4.69, 9.17) is 22.1 Å². The lowest BCUT2D eigenvalue weighted by atomic mass is 10.0. The van der Waals surface area contributed by atoms with Crippen LogP contribution in [0.25, 0.3) is 10.6 Å². The number of aromatic nitrogens is 1. The number of rotatable bonds is 3. The Balaban J connectivity index is 1.79. The zero-order valence-corrected chi connectivity index (χ0v) is 14.7. The number of carbonyl (C=O) groups is 1. The van der Waals surface area contributed by atoms with E-state index in [2.05, 4.69) is 15.6 Å². The molecule has 1 saturated heterocycles. The zero-order chi connectivity index (χ0) is 17.6. The van der Waals surface area contributed by atoms with Crippen LogP contribution in [-0.2, 0) is 11.3 Å². The van der Waals surface area contributed by atoms with Crippen molar-refractivity contribution in [3.63, 3.8) is 0 Å². The molecular weight excluding hydrogens is 367 g/mol. The van der Waals surface area contributed by atoms with Crippen molar-refractivity contribution in [2.75, 3.05) is 18.5 Å². The van der Waals surface area contributed by atoms with E-state index in [1.807, 2.05) is 0 Å². The van der Waals surface area contributed by atoms with Gasteiger partial charge < -0.3 is 21.1 Å². The van der Waals surface area contributed by atoms with Crippen LogP contribution >= 0.6 is 22.9 Å². The lowest BCUT2D eigenvalue weighted by molar-refractivity contribution is 0.0751. The summed E-state index contributed by atoms with van der Waals surface area (Å²) in [6.07, 6.45) is 0.663. The van der Waals surface area contributed by atoms with Gasteiger partial charge in [-0.3, -0.25) is 4.79 Å². The highest BCUT2D eigenvalue weighted by Crippen LogP contribution is 2.37. The highest BCUT2D eigenvalue weighted by molar-refractivity contribution is 7.19. The van der Waals surface area contributed by atoms with Crippen LogP contribution in [0.3, 0.4) is 0 Å². The maximum atomic E-state index is 14.9. The molecule has 2 atom stereocenters. The molecule has 4 rings (SSSR count). The number of ether oxygens (including phenoxy) is 1. The monoisotopic (exact) mass is 382 g/mol. The number of carbonyl (C=O) groups excluding carboxylic acids is 1. The Morgan fingerprint density at radius 1 is 1.48 bits per heavy atom. The largest absolute Gasteiger partial charge is 0.380 e. The number of pyridine rings is 1. The summed E-state index contributed by atoms with van der Waals surface area (Å²) in [6, 6.07) is 3.12. The maximum Gasteiger partial charge on any atom is 0.254 e. The van der Waals surface area contributed by atoms with Crippen LogP contribution < -0.4 is 16.4 Å². The zero-order valence-electron chi connectivity index (χ0n) is 13.1. The fourth-order valence-corrected chi connectivity index (χ4v) is 4.15. The van der Waals surface area contributed by atoms with Crippen molar-refractivity contribution in [2.24, 2.45) is 5.73 Å². The van der Waals surface area contributed by atoms with Gasteiger partial charge in [-0.2, -0.15) is 0 Å². The molecule has 132 valence electrons. The molecule has 2 aromatic heterocycles. The first-order valence-electron chi connectivity index (χ1n) is 7.90. The number of fused-ring (bicyclic) bond motifs is 1. The summed E-state index contributed by atoms with van der Waals surface area (Å²) in [4.78, 5) is 17.3. The predicted molar refractivity (Wildman–Crippen MR) is 94.5 cm³/mol. The minimum absolute atomic E-state index is 0.108. The summed E-state index contributed by atoms with van der Waals surface area (Å²) >= 11 is 7.31. The second-order valence-corrected chi connectivity index (χ2v) is 7.76. The topological polar surface area (TPSA) is 89.3 Å². The number of nitrogens with two attached hydrogens (primary N) is 1. The number of hydrogen-bond acceptors (Lipinski definition) is 6. The van der Waals surface area contributed by atoms with Crippen LogP contribution in [0.2, 0.25) is 4.34 Å².